The van der Waals surface area contributed by atoms with Crippen LogP contribution >= 0.6 is 0 Å². The zero-order valence-corrected chi connectivity index (χ0v) is 13.3. The number of hydrogen-bond acceptors (Lipinski definition) is 2. The third-order valence-corrected chi connectivity index (χ3v) is 4.19. The molecule has 0 aliphatic heterocycles. The van der Waals surface area contributed by atoms with E-state index >= 15 is 0 Å². The minimum Gasteiger partial charge on any atom is -0.349 e. The number of carbonyl (C=O) groups is 2. The molecule has 1 aromatic rings. The Labute approximate surface area is 132 Å². The first-order valence-electron chi connectivity index (χ1n) is 7.87. The number of benzene rings is 1. The first-order valence-corrected chi connectivity index (χ1v) is 7.87. The Morgan fingerprint density at radius 2 is 1.91 bits per heavy atom. The van der Waals surface area contributed by atoms with Gasteiger partial charge in [0.05, 0.1) is 6.04 Å². The molecule has 0 aromatic heterocycles. The number of carbonyl (C=O) groups excluding carboxylic acids is 2. The molecule has 0 unspecified atom stereocenters. The predicted molar refractivity (Wildman–Crippen MR) is 86.4 cm³/mol. The van der Waals surface area contributed by atoms with Crippen LogP contribution in [0.15, 0.2) is 30.3 Å². The van der Waals surface area contributed by atoms with Crippen LogP contribution in [0.3, 0.4) is 0 Å². The van der Waals surface area contributed by atoms with Gasteiger partial charge in [-0.25, -0.2) is 4.79 Å². The molecule has 5 heteroatoms. The summed E-state index contributed by atoms with van der Waals surface area (Å²) in [5.41, 5.74) is 1.15. The molecule has 120 valence electrons. The van der Waals surface area contributed by atoms with Gasteiger partial charge in [-0.2, -0.15) is 0 Å². The van der Waals surface area contributed by atoms with Crippen LogP contribution in [0.2, 0.25) is 0 Å². The van der Waals surface area contributed by atoms with Gasteiger partial charge in [0.1, 0.15) is 0 Å². The molecule has 22 heavy (non-hydrogen) atoms. The molecular weight excluding hydrogens is 278 g/mol. The lowest BCUT2D eigenvalue weighted by molar-refractivity contribution is -0.128. The summed E-state index contributed by atoms with van der Waals surface area (Å²) in [4.78, 5) is 25.1. The molecule has 1 saturated carbocycles. The third kappa shape index (κ3) is 4.48. The fraction of sp³-hybridized carbons (Fsp3) is 0.529. The highest BCUT2D eigenvalue weighted by molar-refractivity contribution is 5.78. The molecule has 1 aromatic carbocycles. The molecule has 0 spiro atoms. The molecule has 0 bridgehead atoms. The fourth-order valence-corrected chi connectivity index (χ4v) is 2.61. The second kappa shape index (κ2) is 7.82. The molecule has 0 radical (unpaired) electrons. The van der Waals surface area contributed by atoms with Crippen molar-refractivity contribution in [2.75, 3.05) is 20.6 Å². The summed E-state index contributed by atoms with van der Waals surface area (Å²) in [6, 6.07) is 9.94. The monoisotopic (exact) mass is 303 g/mol. The highest BCUT2D eigenvalue weighted by Crippen LogP contribution is 2.37. The largest absolute Gasteiger partial charge is 0.349 e. The zero-order valence-electron chi connectivity index (χ0n) is 13.3. The van der Waals surface area contributed by atoms with Gasteiger partial charge in [-0.1, -0.05) is 36.8 Å². The van der Waals surface area contributed by atoms with Crippen LogP contribution in [0.1, 0.15) is 37.3 Å². The highest BCUT2D eigenvalue weighted by atomic mass is 16.2. The van der Waals surface area contributed by atoms with Crippen molar-refractivity contribution in [3.63, 3.8) is 0 Å². The van der Waals surface area contributed by atoms with Crippen molar-refractivity contribution in [3.05, 3.63) is 35.9 Å². The van der Waals surface area contributed by atoms with Crippen LogP contribution < -0.4 is 10.6 Å². The summed E-state index contributed by atoms with van der Waals surface area (Å²) >= 11 is 0. The predicted octanol–water partition coefficient (Wildman–Crippen LogP) is 2.31. The van der Waals surface area contributed by atoms with Gasteiger partial charge >= 0.3 is 6.03 Å². The van der Waals surface area contributed by atoms with Gasteiger partial charge in [0, 0.05) is 27.1 Å². The Hall–Kier alpha value is -2.04. The number of rotatable bonds is 6. The zero-order chi connectivity index (χ0) is 15.9. The van der Waals surface area contributed by atoms with Crippen molar-refractivity contribution in [1.29, 1.82) is 0 Å². The van der Waals surface area contributed by atoms with E-state index in [1.807, 2.05) is 18.2 Å². The van der Waals surface area contributed by atoms with Crippen LogP contribution in [0.5, 0.6) is 0 Å². The maximum Gasteiger partial charge on any atom is 0.315 e. The van der Waals surface area contributed by atoms with Gasteiger partial charge in [-0.3, -0.25) is 4.79 Å². The molecule has 2 N–H and O–H groups in total. The molecular formula is C17H25N3O2. The molecule has 1 aliphatic rings. The van der Waals surface area contributed by atoms with E-state index < -0.39 is 0 Å². The average Bonchev–Trinajstić information content (AvgIpc) is 2.45. The third-order valence-electron chi connectivity index (χ3n) is 4.19. The van der Waals surface area contributed by atoms with E-state index in [0.29, 0.717) is 18.9 Å². The Bertz CT molecular complexity index is 498. The second-order valence-electron chi connectivity index (χ2n) is 6.02. The van der Waals surface area contributed by atoms with Gasteiger partial charge in [0.2, 0.25) is 5.91 Å². The first kappa shape index (κ1) is 16.3. The average molecular weight is 303 g/mol. The molecule has 0 heterocycles. The van der Waals surface area contributed by atoms with E-state index in [1.165, 1.54) is 11.3 Å². The summed E-state index contributed by atoms with van der Waals surface area (Å²) in [5.74, 6) is 0.524. The van der Waals surface area contributed by atoms with Crippen molar-refractivity contribution in [2.45, 2.75) is 31.7 Å². The van der Waals surface area contributed by atoms with Gasteiger partial charge in [-0.15, -0.1) is 0 Å². The Kier molecular flexibility index (Phi) is 5.81. The van der Waals surface area contributed by atoms with Crippen molar-refractivity contribution >= 4 is 11.9 Å². The Morgan fingerprint density at radius 1 is 1.23 bits per heavy atom. The van der Waals surface area contributed by atoms with Crippen molar-refractivity contribution in [1.82, 2.24) is 15.5 Å². The number of amides is 3. The lowest BCUT2D eigenvalue weighted by Gasteiger charge is -2.34. The number of hydrogen-bond donors (Lipinski definition) is 2. The first-order chi connectivity index (χ1) is 10.6. The molecule has 1 aliphatic carbocycles. The van der Waals surface area contributed by atoms with Crippen molar-refractivity contribution < 1.29 is 9.59 Å². The van der Waals surface area contributed by atoms with Crippen molar-refractivity contribution in [3.8, 4) is 0 Å². The number of nitrogens with zero attached hydrogens (tertiary/aromatic N) is 1. The summed E-state index contributed by atoms with van der Waals surface area (Å²) in [6.45, 7) is 0.356. The second-order valence-corrected chi connectivity index (χ2v) is 6.02. The topological polar surface area (TPSA) is 61.4 Å². The summed E-state index contributed by atoms with van der Waals surface area (Å²) in [5, 5.41) is 5.84. The van der Waals surface area contributed by atoms with Crippen LogP contribution in [-0.2, 0) is 4.79 Å². The summed E-state index contributed by atoms with van der Waals surface area (Å²) in [7, 11) is 3.43. The highest BCUT2D eigenvalue weighted by Gasteiger charge is 2.29. The smallest absolute Gasteiger partial charge is 0.315 e. The molecule has 2 rings (SSSR count). The molecule has 1 fully saturated rings. The Balaban J connectivity index is 1.85. The maximum absolute atomic E-state index is 12.1. The van der Waals surface area contributed by atoms with Gasteiger partial charge in [-0.05, 0) is 24.3 Å². The van der Waals surface area contributed by atoms with Gasteiger partial charge in [0.15, 0.2) is 0 Å². The van der Waals surface area contributed by atoms with E-state index in [9.17, 15) is 9.59 Å². The van der Waals surface area contributed by atoms with E-state index in [0.717, 1.165) is 18.4 Å². The molecule has 1 atom stereocenters. The SMILES string of the molecule is CN(C)C(=O)CCNC(=O)N[C@@H](c1ccccc1)C1CCC1. The quantitative estimate of drug-likeness (QED) is 0.847. The summed E-state index contributed by atoms with van der Waals surface area (Å²) in [6.07, 6.45) is 3.85. The normalized spacial score (nSPS) is 15.5. The minimum absolute atomic E-state index is 0.0129. The molecule has 3 amide bonds. The van der Waals surface area contributed by atoms with Crippen LogP contribution in [-0.4, -0.2) is 37.5 Å². The lowest BCUT2D eigenvalue weighted by atomic mass is 9.77. The lowest BCUT2D eigenvalue weighted by Crippen LogP contribution is -2.43. The van der Waals surface area contributed by atoms with E-state index in [2.05, 4.69) is 22.8 Å². The molecule has 5 nitrogen and oxygen atoms in total. The van der Waals surface area contributed by atoms with E-state index in [1.54, 1.807) is 14.1 Å². The fourth-order valence-electron chi connectivity index (χ4n) is 2.61. The van der Waals surface area contributed by atoms with Crippen LogP contribution in [0.25, 0.3) is 0 Å². The van der Waals surface area contributed by atoms with Crippen LogP contribution in [0.4, 0.5) is 4.79 Å². The number of urea groups is 1. The molecule has 0 saturated heterocycles. The standard InChI is InChI=1S/C17H25N3O2/c1-20(2)15(21)11-12-18-17(22)19-16(14-9-6-10-14)13-7-4-3-5-8-13/h3-5,7-8,14,16H,6,9-12H2,1-2H3,(H2,18,19,22)/t16-/m0/s1. The minimum atomic E-state index is -0.202. The van der Waals surface area contributed by atoms with E-state index in [-0.39, 0.29) is 18.0 Å². The Morgan fingerprint density at radius 3 is 2.45 bits per heavy atom. The number of nitrogens with one attached hydrogen (secondary N) is 2. The maximum atomic E-state index is 12.1. The summed E-state index contributed by atoms with van der Waals surface area (Å²) < 4.78 is 0. The van der Waals surface area contributed by atoms with Gasteiger partial charge in [0.25, 0.3) is 0 Å². The van der Waals surface area contributed by atoms with E-state index in [4.69, 9.17) is 0 Å². The van der Waals surface area contributed by atoms with Gasteiger partial charge < -0.3 is 15.5 Å². The van der Waals surface area contributed by atoms with Crippen LogP contribution in [0, 0.1) is 5.92 Å². The van der Waals surface area contributed by atoms with Crippen molar-refractivity contribution in [2.24, 2.45) is 5.92 Å².